The number of carbonyl (C=O) groups excluding carboxylic acids is 2. The maximum atomic E-state index is 13.6. The van der Waals surface area contributed by atoms with Gasteiger partial charge in [0.1, 0.15) is 0 Å². The Morgan fingerprint density at radius 2 is 1.16 bits per heavy atom. The topological polar surface area (TPSA) is 159 Å². The van der Waals surface area contributed by atoms with E-state index in [9.17, 15) is 26.4 Å². The van der Waals surface area contributed by atoms with E-state index in [1.54, 1.807) is 69.3 Å². The van der Waals surface area contributed by atoms with Crippen LogP contribution < -0.4 is 10.6 Å². The van der Waals surface area contributed by atoms with Gasteiger partial charge < -0.3 is 10.6 Å². The van der Waals surface area contributed by atoms with Gasteiger partial charge in [0.15, 0.2) is 10.3 Å². The molecule has 12 nitrogen and oxygen atoms in total. The van der Waals surface area contributed by atoms with Crippen LogP contribution in [-0.4, -0.2) is 73.4 Å². The van der Waals surface area contributed by atoms with Crippen molar-refractivity contribution in [2.45, 2.75) is 62.7 Å². The Bertz CT molecular complexity index is 2070. The van der Waals surface area contributed by atoms with Gasteiger partial charge >= 0.3 is 0 Å². The second kappa shape index (κ2) is 15.6. The van der Waals surface area contributed by atoms with Crippen molar-refractivity contribution in [1.82, 2.24) is 18.6 Å². The summed E-state index contributed by atoms with van der Waals surface area (Å²) in [4.78, 5) is 34.8. The lowest BCUT2D eigenvalue weighted by Crippen LogP contribution is -2.40. The molecule has 2 aromatic heterocycles. The molecule has 2 unspecified atom stereocenters. The molecule has 16 heteroatoms. The largest absolute Gasteiger partial charge is 0.302 e. The number of amides is 2. The maximum absolute atomic E-state index is 13.6. The number of aromatic nitrogens is 2. The first-order chi connectivity index (χ1) is 24.4. The van der Waals surface area contributed by atoms with E-state index in [2.05, 4.69) is 20.6 Å². The van der Waals surface area contributed by atoms with Crippen LogP contribution in [0.4, 0.5) is 10.3 Å². The fraction of sp³-hybridized carbons (Fsp3) is 0.429. The lowest BCUT2D eigenvalue weighted by atomic mass is 9.71. The van der Waals surface area contributed by atoms with E-state index in [-0.39, 0.29) is 39.4 Å². The molecule has 0 bridgehead atoms. The van der Waals surface area contributed by atoms with Gasteiger partial charge in [-0.3, -0.25) is 9.59 Å². The zero-order valence-electron chi connectivity index (χ0n) is 28.7. The molecule has 2 aliphatic rings. The van der Waals surface area contributed by atoms with Crippen LogP contribution in [0.5, 0.6) is 0 Å². The molecule has 2 amide bonds. The molecule has 2 aliphatic carbocycles. The first kappa shape index (κ1) is 37.2. The van der Waals surface area contributed by atoms with Crippen LogP contribution >= 0.6 is 22.7 Å². The van der Waals surface area contributed by atoms with Crippen LogP contribution in [0.3, 0.4) is 0 Å². The summed E-state index contributed by atoms with van der Waals surface area (Å²) in [6.07, 6.45) is 3.94. The smallest absolute Gasteiger partial charge is 0.243 e. The molecule has 2 atom stereocenters. The third-order valence-corrected chi connectivity index (χ3v) is 15.1. The molecule has 2 fully saturated rings. The van der Waals surface area contributed by atoms with Crippen molar-refractivity contribution >= 4 is 64.8 Å². The Balaban J connectivity index is 1.02. The van der Waals surface area contributed by atoms with Crippen LogP contribution in [-0.2, 0) is 29.6 Å². The van der Waals surface area contributed by atoms with Gasteiger partial charge in [0.2, 0.25) is 31.9 Å². The van der Waals surface area contributed by atoms with Gasteiger partial charge in [-0.15, -0.1) is 22.7 Å². The first-order valence-electron chi connectivity index (χ1n) is 17.2. The first-order valence-corrected chi connectivity index (χ1v) is 21.8. The average Bonchev–Trinajstić information content (AvgIpc) is 3.69. The predicted octanol–water partition coefficient (Wildman–Crippen LogP) is 6.38. The van der Waals surface area contributed by atoms with Crippen molar-refractivity contribution in [3.05, 3.63) is 59.3 Å². The van der Waals surface area contributed by atoms with Gasteiger partial charge in [0.05, 0.1) is 21.2 Å². The summed E-state index contributed by atoms with van der Waals surface area (Å²) in [5, 5.41) is 10.4. The number of anilines is 2. The van der Waals surface area contributed by atoms with Gasteiger partial charge in [0.25, 0.3) is 0 Å². The van der Waals surface area contributed by atoms with E-state index in [4.69, 9.17) is 0 Å². The highest BCUT2D eigenvalue weighted by molar-refractivity contribution is 7.89. The van der Waals surface area contributed by atoms with Gasteiger partial charge in [-0.2, -0.15) is 8.61 Å². The average molecular weight is 771 g/mol. The van der Waals surface area contributed by atoms with Gasteiger partial charge in [-0.05, 0) is 62.3 Å². The molecule has 0 saturated heterocycles. The molecule has 272 valence electrons. The summed E-state index contributed by atoms with van der Waals surface area (Å²) < 4.78 is 55.7. The summed E-state index contributed by atoms with van der Waals surface area (Å²) in [5.41, 5.74) is 2.81. The quantitative estimate of drug-likeness (QED) is 0.133. The number of hydrogen-bond donors (Lipinski definition) is 2. The van der Waals surface area contributed by atoms with E-state index in [1.807, 2.05) is 10.8 Å². The highest BCUT2D eigenvalue weighted by Crippen LogP contribution is 2.39. The number of nitrogens with one attached hydrogen (secondary N) is 2. The highest BCUT2D eigenvalue weighted by Gasteiger charge is 2.37. The monoisotopic (exact) mass is 770 g/mol. The highest BCUT2D eigenvalue weighted by atomic mass is 32.2. The number of benzene rings is 2. The van der Waals surface area contributed by atoms with Crippen LogP contribution in [0, 0.1) is 17.8 Å². The number of hydrogen-bond acceptors (Lipinski definition) is 10. The fourth-order valence-electron chi connectivity index (χ4n) is 6.15. The molecule has 6 rings (SSSR count). The van der Waals surface area contributed by atoms with E-state index >= 15 is 0 Å². The molecule has 4 aromatic rings. The van der Waals surface area contributed by atoms with E-state index in [0.29, 0.717) is 54.3 Å². The molecule has 51 heavy (non-hydrogen) atoms. The summed E-state index contributed by atoms with van der Waals surface area (Å²) >= 11 is 2.64. The lowest BCUT2D eigenvalue weighted by Gasteiger charge is -2.36. The van der Waals surface area contributed by atoms with Crippen LogP contribution in [0.2, 0.25) is 0 Å². The number of thiazole rings is 2. The van der Waals surface area contributed by atoms with Crippen molar-refractivity contribution in [3.8, 4) is 22.5 Å². The van der Waals surface area contributed by atoms with Crippen LogP contribution in [0.25, 0.3) is 22.5 Å². The molecule has 0 radical (unpaired) electrons. The zero-order chi connectivity index (χ0) is 36.3. The number of carbonyl (C=O) groups is 2. The predicted molar refractivity (Wildman–Crippen MR) is 200 cm³/mol. The molecule has 2 heterocycles. The van der Waals surface area contributed by atoms with Crippen molar-refractivity contribution < 1.29 is 26.4 Å². The Labute approximate surface area is 307 Å². The maximum Gasteiger partial charge on any atom is 0.243 e. The molecule has 0 aliphatic heterocycles. The third kappa shape index (κ3) is 8.26. The van der Waals surface area contributed by atoms with Crippen molar-refractivity contribution in [2.24, 2.45) is 17.8 Å². The minimum absolute atomic E-state index is 0.00767. The SMILES string of the molecule is CCN(CC)S(=O)(=O)c1ccc(-c2csc(NC(=O)C3CCC3CCN(CC)S(=O)(=O)c3ccc(-c4csc(NC(=O)C5CC5)n4)cc3)n2)cc1. The number of rotatable bonds is 16. The van der Waals surface area contributed by atoms with E-state index in [0.717, 1.165) is 36.8 Å². The van der Waals surface area contributed by atoms with Crippen molar-refractivity contribution in [1.29, 1.82) is 0 Å². The Morgan fingerprint density at radius 1 is 0.686 bits per heavy atom. The van der Waals surface area contributed by atoms with Crippen LogP contribution in [0.15, 0.2) is 69.1 Å². The summed E-state index contributed by atoms with van der Waals surface area (Å²) in [6.45, 7) is 6.80. The molecule has 2 N–H and O–H groups in total. The summed E-state index contributed by atoms with van der Waals surface area (Å²) in [5.74, 6) is -0.243. The van der Waals surface area contributed by atoms with E-state index in [1.165, 1.54) is 31.3 Å². The third-order valence-electron chi connectivity index (χ3n) is 9.55. The van der Waals surface area contributed by atoms with Crippen molar-refractivity contribution in [2.75, 3.05) is 36.8 Å². The number of nitrogens with zero attached hydrogens (tertiary/aromatic N) is 4. The van der Waals surface area contributed by atoms with Crippen molar-refractivity contribution in [3.63, 3.8) is 0 Å². The second-order valence-corrected chi connectivity index (χ2v) is 18.3. The number of sulfonamides is 2. The minimum atomic E-state index is -3.76. The normalized spacial score (nSPS) is 17.7. The Hall–Kier alpha value is -3.54. The molecule has 0 spiro atoms. The van der Waals surface area contributed by atoms with Gasteiger partial charge in [-0.25, -0.2) is 26.8 Å². The van der Waals surface area contributed by atoms with Gasteiger partial charge in [-0.1, -0.05) is 45.0 Å². The second-order valence-electron chi connectivity index (χ2n) is 12.7. The van der Waals surface area contributed by atoms with Crippen LogP contribution in [0.1, 0.15) is 52.9 Å². The minimum Gasteiger partial charge on any atom is -0.302 e. The molecular weight excluding hydrogens is 729 g/mol. The molecular formula is C35H42N6O6S4. The lowest BCUT2D eigenvalue weighted by molar-refractivity contribution is -0.125. The van der Waals surface area contributed by atoms with E-state index < -0.39 is 20.0 Å². The Morgan fingerprint density at radius 3 is 1.59 bits per heavy atom. The standard InChI is InChI=1S/C35H42N6O6S4/c1-4-40(5-2)50(44,45)27-14-9-24(10-15-27)31-22-49-35(37-31)39-33(43)29-18-13-23(29)19-20-41(6-3)51(46,47)28-16-11-25(12-17-28)30-21-48-34(36-30)38-32(42)26-7-8-26/h9-12,14-17,21-23,26,29H,4-8,13,18-20H2,1-3H3,(H,36,38,42)(H,37,39,43). The molecule has 2 saturated carbocycles. The summed E-state index contributed by atoms with van der Waals surface area (Å²) in [7, 11) is -7.32. The molecule has 2 aromatic carbocycles. The summed E-state index contributed by atoms with van der Waals surface area (Å²) in [6, 6.07) is 13.2. The Kier molecular flexibility index (Phi) is 11.4. The zero-order valence-corrected chi connectivity index (χ0v) is 32.0. The van der Waals surface area contributed by atoms with Gasteiger partial charge in [0, 0.05) is 59.9 Å². The fourth-order valence-corrected chi connectivity index (χ4v) is 10.5.